The standard InChI is InChI=1S/C12H10F4O/c1-6(17)10-5-11(10)7-2-8(12(14,15)16)4-9(13)3-7/h2-4,10-11H,5H2,1H3. The highest BCUT2D eigenvalue weighted by Gasteiger charge is 2.43. The van der Waals surface area contributed by atoms with Gasteiger partial charge in [-0.3, -0.25) is 4.79 Å². The molecule has 0 bridgehead atoms. The first-order chi connectivity index (χ1) is 7.79. The molecule has 0 aliphatic heterocycles. The Kier molecular flexibility index (Phi) is 2.72. The summed E-state index contributed by atoms with van der Waals surface area (Å²) in [6.07, 6.45) is -4.05. The molecule has 0 amide bonds. The van der Waals surface area contributed by atoms with Crippen molar-refractivity contribution in [3.8, 4) is 0 Å². The lowest BCUT2D eigenvalue weighted by Crippen LogP contribution is -2.06. The first-order valence-electron chi connectivity index (χ1n) is 5.17. The first kappa shape index (κ1) is 12.1. The third-order valence-electron chi connectivity index (χ3n) is 2.99. The van der Waals surface area contributed by atoms with Crippen molar-refractivity contribution in [1.29, 1.82) is 0 Å². The fourth-order valence-corrected chi connectivity index (χ4v) is 2.00. The number of carbonyl (C=O) groups excluding carboxylic acids is 1. The topological polar surface area (TPSA) is 17.1 Å². The number of hydrogen-bond acceptors (Lipinski definition) is 1. The average Bonchev–Trinajstić information content (AvgIpc) is 2.94. The molecule has 0 aromatic heterocycles. The lowest BCUT2D eigenvalue weighted by molar-refractivity contribution is -0.137. The van der Waals surface area contributed by atoms with Crippen LogP contribution in [0.4, 0.5) is 17.6 Å². The minimum atomic E-state index is -4.56. The molecular weight excluding hydrogens is 236 g/mol. The summed E-state index contributed by atoms with van der Waals surface area (Å²) in [6, 6.07) is 2.47. The fourth-order valence-electron chi connectivity index (χ4n) is 2.00. The van der Waals surface area contributed by atoms with Gasteiger partial charge in [0.2, 0.25) is 0 Å². The van der Waals surface area contributed by atoms with Crippen molar-refractivity contribution >= 4 is 5.78 Å². The summed E-state index contributed by atoms with van der Waals surface area (Å²) < 4.78 is 50.5. The molecule has 1 aromatic rings. The highest BCUT2D eigenvalue weighted by Crippen LogP contribution is 2.48. The summed E-state index contributed by atoms with van der Waals surface area (Å²) in [7, 11) is 0. The largest absolute Gasteiger partial charge is 0.416 e. The smallest absolute Gasteiger partial charge is 0.300 e. The van der Waals surface area contributed by atoms with Crippen LogP contribution in [0.25, 0.3) is 0 Å². The van der Waals surface area contributed by atoms with Crippen LogP contribution in [-0.4, -0.2) is 5.78 Å². The van der Waals surface area contributed by atoms with E-state index >= 15 is 0 Å². The molecule has 1 nitrogen and oxygen atoms in total. The Hall–Kier alpha value is -1.39. The normalized spacial score (nSPS) is 23.6. The van der Waals surface area contributed by atoms with Crippen molar-refractivity contribution in [2.24, 2.45) is 5.92 Å². The summed E-state index contributed by atoms with van der Waals surface area (Å²) in [4.78, 5) is 11.0. The van der Waals surface area contributed by atoms with E-state index in [1.165, 1.54) is 6.92 Å². The summed E-state index contributed by atoms with van der Waals surface area (Å²) >= 11 is 0. The number of rotatable bonds is 2. The molecule has 0 spiro atoms. The highest BCUT2D eigenvalue weighted by atomic mass is 19.4. The predicted molar refractivity (Wildman–Crippen MR) is 52.9 cm³/mol. The van der Waals surface area contributed by atoms with Crippen molar-refractivity contribution < 1.29 is 22.4 Å². The molecule has 2 rings (SSSR count). The van der Waals surface area contributed by atoms with E-state index in [2.05, 4.69) is 0 Å². The molecule has 0 N–H and O–H groups in total. The zero-order valence-corrected chi connectivity index (χ0v) is 9.01. The molecule has 0 saturated heterocycles. The van der Waals surface area contributed by atoms with E-state index in [1.54, 1.807) is 0 Å². The van der Waals surface area contributed by atoms with E-state index in [-0.39, 0.29) is 23.2 Å². The van der Waals surface area contributed by atoms with Crippen molar-refractivity contribution in [2.45, 2.75) is 25.4 Å². The summed E-state index contributed by atoms with van der Waals surface area (Å²) in [5.41, 5.74) is -0.737. The van der Waals surface area contributed by atoms with Crippen LogP contribution in [0.15, 0.2) is 18.2 Å². The number of hydrogen-bond donors (Lipinski definition) is 0. The minimum Gasteiger partial charge on any atom is -0.300 e. The molecule has 1 aromatic carbocycles. The van der Waals surface area contributed by atoms with Crippen LogP contribution >= 0.6 is 0 Å². The third kappa shape index (κ3) is 2.48. The molecule has 17 heavy (non-hydrogen) atoms. The molecule has 1 fully saturated rings. The van der Waals surface area contributed by atoms with Gasteiger partial charge in [-0.05, 0) is 43.0 Å². The van der Waals surface area contributed by atoms with E-state index < -0.39 is 17.6 Å². The molecule has 92 valence electrons. The number of benzene rings is 1. The minimum absolute atomic E-state index is 0.0622. The number of halogens is 4. The van der Waals surface area contributed by atoms with Gasteiger partial charge in [-0.1, -0.05) is 0 Å². The van der Waals surface area contributed by atoms with E-state index in [9.17, 15) is 22.4 Å². The van der Waals surface area contributed by atoms with Crippen LogP contribution in [0.1, 0.15) is 30.4 Å². The Morgan fingerprint density at radius 3 is 2.41 bits per heavy atom. The average molecular weight is 246 g/mol. The second-order valence-electron chi connectivity index (χ2n) is 4.33. The number of ketones is 1. The second-order valence-corrected chi connectivity index (χ2v) is 4.33. The maximum absolute atomic E-state index is 13.1. The van der Waals surface area contributed by atoms with Crippen LogP contribution in [-0.2, 0) is 11.0 Å². The Morgan fingerprint density at radius 2 is 1.94 bits per heavy atom. The van der Waals surface area contributed by atoms with Gasteiger partial charge in [0, 0.05) is 5.92 Å². The summed E-state index contributed by atoms with van der Waals surface area (Å²) in [5, 5.41) is 0. The maximum atomic E-state index is 13.1. The Balaban J connectivity index is 2.31. The van der Waals surface area contributed by atoms with E-state index in [0.717, 1.165) is 12.1 Å². The van der Waals surface area contributed by atoms with Gasteiger partial charge in [-0.15, -0.1) is 0 Å². The van der Waals surface area contributed by atoms with Gasteiger partial charge < -0.3 is 0 Å². The molecule has 1 aliphatic rings. The van der Waals surface area contributed by atoms with Gasteiger partial charge in [0.15, 0.2) is 0 Å². The number of carbonyl (C=O) groups is 1. The van der Waals surface area contributed by atoms with Crippen molar-refractivity contribution in [3.05, 3.63) is 35.1 Å². The molecule has 1 saturated carbocycles. The van der Waals surface area contributed by atoms with Gasteiger partial charge in [-0.25, -0.2) is 4.39 Å². The van der Waals surface area contributed by atoms with Gasteiger partial charge in [-0.2, -0.15) is 13.2 Å². The molecule has 2 unspecified atom stereocenters. The van der Waals surface area contributed by atoms with E-state index in [4.69, 9.17) is 0 Å². The summed E-state index contributed by atoms with van der Waals surface area (Å²) in [5.74, 6) is -1.49. The third-order valence-corrected chi connectivity index (χ3v) is 2.99. The molecule has 0 radical (unpaired) electrons. The maximum Gasteiger partial charge on any atom is 0.416 e. The Labute approximate surface area is 95.4 Å². The van der Waals surface area contributed by atoms with E-state index in [0.29, 0.717) is 12.5 Å². The zero-order chi connectivity index (χ0) is 12.8. The van der Waals surface area contributed by atoms with Crippen LogP contribution in [0.3, 0.4) is 0 Å². The molecular formula is C12H10F4O. The van der Waals surface area contributed by atoms with Crippen LogP contribution in [0.5, 0.6) is 0 Å². The molecule has 0 heterocycles. The second kappa shape index (κ2) is 3.82. The Morgan fingerprint density at radius 1 is 1.29 bits per heavy atom. The van der Waals surface area contributed by atoms with Gasteiger partial charge >= 0.3 is 6.18 Å². The lowest BCUT2D eigenvalue weighted by Gasteiger charge is -2.09. The van der Waals surface area contributed by atoms with Crippen molar-refractivity contribution in [3.63, 3.8) is 0 Å². The number of Topliss-reactive ketones (excluding diaryl/α,β-unsaturated/α-hetero) is 1. The molecule has 5 heteroatoms. The SMILES string of the molecule is CC(=O)C1CC1c1cc(F)cc(C(F)(F)F)c1. The first-order valence-corrected chi connectivity index (χ1v) is 5.17. The van der Waals surface area contributed by atoms with Gasteiger partial charge in [0.25, 0.3) is 0 Å². The Bertz CT molecular complexity index is 464. The lowest BCUT2D eigenvalue weighted by atomic mass is 10.0. The monoisotopic (exact) mass is 246 g/mol. The van der Waals surface area contributed by atoms with E-state index in [1.807, 2.05) is 0 Å². The van der Waals surface area contributed by atoms with Crippen molar-refractivity contribution in [2.75, 3.05) is 0 Å². The highest BCUT2D eigenvalue weighted by molar-refractivity contribution is 5.82. The number of alkyl halides is 3. The van der Waals surface area contributed by atoms with Crippen LogP contribution in [0.2, 0.25) is 0 Å². The van der Waals surface area contributed by atoms with Crippen molar-refractivity contribution in [1.82, 2.24) is 0 Å². The molecule has 2 atom stereocenters. The molecule has 1 aliphatic carbocycles. The predicted octanol–water partition coefficient (Wildman–Crippen LogP) is 3.54. The van der Waals surface area contributed by atoms with Gasteiger partial charge in [0.1, 0.15) is 11.6 Å². The van der Waals surface area contributed by atoms with Crippen LogP contribution in [0, 0.1) is 11.7 Å². The summed E-state index contributed by atoms with van der Waals surface area (Å²) in [6.45, 7) is 1.40. The zero-order valence-electron chi connectivity index (χ0n) is 9.01. The van der Waals surface area contributed by atoms with Crippen LogP contribution < -0.4 is 0 Å². The van der Waals surface area contributed by atoms with Gasteiger partial charge in [0.05, 0.1) is 5.56 Å². The fraction of sp³-hybridized carbons (Fsp3) is 0.417. The quantitative estimate of drug-likeness (QED) is 0.729.